The lowest BCUT2D eigenvalue weighted by Gasteiger charge is -2.24. The van der Waals surface area contributed by atoms with Crippen LogP contribution in [0.1, 0.15) is 62.0 Å². The summed E-state index contributed by atoms with van der Waals surface area (Å²) < 4.78 is 32.8. The second-order valence-electron chi connectivity index (χ2n) is 13.5. The highest BCUT2D eigenvalue weighted by Crippen LogP contribution is 2.35. The highest BCUT2D eigenvalue weighted by Gasteiger charge is 2.31. The fourth-order valence-electron chi connectivity index (χ4n) is 5.37. The number of rotatable bonds is 17. The zero-order valence-corrected chi connectivity index (χ0v) is 32.5. The quantitative estimate of drug-likeness (QED) is 0.0680. The van der Waals surface area contributed by atoms with Crippen molar-refractivity contribution in [3.05, 3.63) is 119 Å². The van der Waals surface area contributed by atoms with Crippen LogP contribution in [0.15, 0.2) is 97.1 Å². The van der Waals surface area contributed by atoms with Gasteiger partial charge in [-0.15, -0.1) is 0 Å². The fourth-order valence-corrected chi connectivity index (χ4v) is 5.37. The summed E-state index contributed by atoms with van der Waals surface area (Å²) in [7, 11) is 2.93. The second kappa shape index (κ2) is 20.2. The van der Waals surface area contributed by atoms with E-state index < -0.39 is 53.8 Å². The Morgan fingerprint density at radius 3 is 1.91 bits per heavy atom. The third kappa shape index (κ3) is 13.2. The van der Waals surface area contributed by atoms with Gasteiger partial charge in [-0.3, -0.25) is 4.79 Å². The van der Waals surface area contributed by atoms with Crippen LogP contribution < -0.4 is 30.2 Å². The third-order valence-electron chi connectivity index (χ3n) is 8.10. The molecule has 0 aromatic heterocycles. The van der Waals surface area contributed by atoms with Gasteiger partial charge in [0.05, 0.1) is 20.8 Å². The Morgan fingerprint density at radius 2 is 1.32 bits per heavy atom. The summed E-state index contributed by atoms with van der Waals surface area (Å²) in [6.07, 6.45) is -1.76. The van der Waals surface area contributed by atoms with Crippen LogP contribution in [-0.2, 0) is 41.6 Å². The molecule has 4 aromatic carbocycles. The van der Waals surface area contributed by atoms with E-state index in [2.05, 4.69) is 16.0 Å². The van der Waals surface area contributed by atoms with E-state index in [1.807, 2.05) is 6.07 Å². The van der Waals surface area contributed by atoms with E-state index in [1.165, 1.54) is 20.3 Å². The molecular weight excluding hydrogens is 738 g/mol. The van der Waals surface area contributed by atoms with Gasteiger partial charge in [0.25, 0.3) is 0 Å². The van der Waals surface area contributed by atoms with Crippen LogP contribution in [0.5, 0.6) is 23.0 Å². The van der Waals surface area contributed by atoms with E-state index in [9.17, 15) is 29.1 Å². The fraction of sp³-hybridized carbons (Fsp3) is 0.310. The Labute approximate surface area is 330 Å². The molecule has 0 unspecified atom stereocenters. The predicted octanol–water partition coefficient (Wildman–Crippen LogP) is 6.40. The standard InChI is InChI=1S/C42H47N3O12/c1-7-54-39(49)36(44-37(46)35(28-15-20-30(52-5)21-16-28)45-40(50)55-25-27-11-9-8-10-12-27)29-17-22-33(53-6)34(24-29)56-31-18-13-26(14-19-31)23-32(38(47)48)43-41(51)57-42(2,3)4/h8-22,24,32,35-36H,7,23,25H2,1-6H3,(H,43,51)(H,44,46)(H,45,50)(H,47,48)/t32-,35+,36-/m1/s1. The largest absolute Gasteiger partial charge is 0.497 e. The number of carbonyl (C=O) groups excluding carboxylic acids is 4. The number of alkyl carbamates (subject to hydrolysis) is 2. The molecule has 0 bridgehead atoms. The number of amides is 3. The van der Waals surface area contributed by atoms with Gasteiger partial charge in [0.15, 0.2) is 17.5 Å². The number of carboxylic acids is 1. The summed E-state index contributed by atoms with van der Waals surface area (Å²) in [5.41, 5.74) is 1.17. The molecule has 15 nitrogen and oxygen atoms in total. The van der Waals surface area contributed by atoms with Crippen LogP contribution >= 0.6 is 0 Å². The number of carboxylic acid groups (broad SMARTS) is 1. The number of nitrogens with one attached hydrogen (secondary N) is 3. The van der Waals surface area contributed by atoms with Crippen molar-refractivity contribution in [3.8, 4) is 23.0 Å². The Balaban J connectivity index is 1.56. The summed E-state index contributed by atoms with van der Waals surface area (Å²) >= 11 is 0. The topological polar surface area (TPSA) is 197 Å². The first kappa shape index (κ1) is 43.0. The molecule has 0 spiro atoms. The zero-order valence-electron chi connectivity index (χ0n) is 32.5. The molecule has 3 atom stereocenters. The molecule has 0 saturated carbocycles. The van der Waals surface area contributed by atoms with Crippen LogP contribution in [0.3, 0.4) is 0 Å². The number of carbonyl (C=O) groups is 5. The Hall–Kier alpha value is -6.77. The first-order valence-corrected chi connectivity index (χ1v) is 17.9. The van der Waals surface area contributed by atoms with Crippen LogP contribution in [-0.4, -0.2) is 67.6 Å². The van der Waals surface area contributed by atoms with Crippen molar-refractivity contribution in [1.82, 2.24) is 16.0 Å². The molecule has 0 aliphatic rings. The Bertz CT molecular complexity index is 1980. The minimum absolute atomic E-state index is 0.0130. The number of aliphatic carboxylic acids is 1. The number of hydrogen-bond donors (Lipinski definition) is 4. The third-order valence-corrected chi connectivity index (χ3v) is 8.10. The molecule has 0 heterocycles. The lowest BCUT2D eigenvalue weighted by atomic mass is 10.0. The van der Waals surface area contributed by atoms with Gasteiger partial charge in [-0.2, -0.15) is 0 Å². The van der Waals surface area contributed by atoms with E-state index >= 15 is 0 Å². The molecule has 4 rings (SSSR count). The molecule has 4 N–H and O–H groups in total. The molecule has 0 radical (unpaired) electrons. The smallest absolute Gasteiger partial charge is 0.408 e. The predicted molar refractivity (Wildman–Crippen MR) is 207 cm³/mol. The van der Waals surface area contributed by atoms with Gasteiger partial charge >= 0.3 is 24.1 Å². The summed E-state index contributed by atoms with van der Waals surface area (Å²) in [4.78, 5) is 64.5. The van der Waals surface area contributed by atoms with Crippen molar-refractivity contribution < 1.29 is 57.5 Å². The van der Waals surface area contributed by atoms with Crippen molar-refractivity contribution in [2.24, 2.45) is 0 Å². The molecular formula is C42H47N3O12. The molecule has 0 aliphatic carbocycles. The van der Waals surface area contributed by atoms with Crippen LogP contribution in [0, 0.1) is 0 Å². The highest BCUT2D eigenvalue weighted by molar-refractivity contribution is 5.91. The molecule has 3 amide bonds. The number of esters is 1. The number of methoxy groups -OCH3 is 2. The maximum absolute atomic E-state index is 14.0. The van der Waals surface area contributed by atoms with E-state index in [1.54, 1.807) is 113 Å². The van der Waals surface area contributed by atoms with Crippen LogP contribution in [0.4, 0.5) is 9.59 Å². The number of hydrogen-bond acceptors (Lipinski definition) is 11. The zero-order chi connectivity index (χ0) is 41.5. The van der Waals surface area contributed by atoms with Crippen molar-refractivity contribution in [1.29, 1.82) is 0 Å². The normalized spacial score (nSPS) is 12.5. The van der Waals surface area contributed by atoms with E-state index in [4.69, 9.17) is 28.4 Å². The second-order valence-corrected chi connectivity index (χ2v) is 13.5. The monoisotopic (exact) mass is 785 g/mol. The van der Waals surface area contributed by atoms with E-state index in [0.717, 1.165) is 5.56 Å². The minimum Gasteiger partial charge on any atom is -0.497 e. The Morgan fingerprint density at radius 1 is 0.667 bits per heavy atom. The van der Waals surface area contributed by atoms with Crippen molar-refractivity contribution in [2.75, 3.05) is 20.8 Å². The Kier molecular flexibility index (Phi) is 15.3. The van der Waals surface area contributed by atoms with E-state index in [-0.39, 0.29) is 30.9 Å². The summed E-state index contributed by atoms with van der Waals surface area (Å²) in [6, 6.07) is 22.6. The molecule has 0 saturated heterocycles. The van der Waals surface area contributed by atoms with Gasteiger partial charge in [0, 0.05) is 6.42 Å². The number of benzene rings is 4. The molecule has 0 fully saturated rings. The molecule has 4 aromatic rings. The van der Waals surface area contributed by atoms with Gasteiger partial charge in [0.2, 0.25) is 5.91 Å². The average Bonchev–Trinajstić information content (AvgIpc) is 3.18. The van der Waals surface area contributed by atoms with E-state index in [0.29, 0.717) is 28.4 Å². The van der Waals surface area contributed by atoms with Crippen molar-refractivity contribution >= 4 is 30.0 Å². The van der Waals surface area contributed by atoms with Gasteiger partial charge < -0.3 is 49.5 Å². The van der Waals surface area contributed by atoms with Crippen molar-refractivity contribution in [2.45, 2.75) is 64.4 Å². The lowest BCUT2D eigenvalue weighted by Crippen LogP contribution is -2.44. The van der Waals surface area contributed by atoms with Gasteiger partial charge in [-0.1, -0.05) is 60.7 Å². The lowest BCUT2D eigenvalue weighted by molar-refractivity contribution is -0.147. The maximum atomic E-state index is 14.0. The average molecular weight is 786 g/mol. The summed E-state index contributed by atoms with van der Waals surface area (Å²) in [5.74, 6) is -1.44. The summed E-state index contributed by atoms with van der Waals surface area (Å²) in [5, 5.41) is 17.4. The molecule has 57 heavy (non-hydrogen) atoms. The number of ether oxygens (including phenoxy) is 6. The van der Waals surface area contributed by atoms with Crippen LogP contribution in [0.2, 0.25) is 0 Å². The highest BCUT2D eigenvalue weighted by atomic mass is 16.6. The first-order chi connectivity index (χ1) is 27.2. The molecule has 302 valence electrons. The molecule has 15 heteroatoms. The minimum atomic E-state index is -1.36. The maximum Gasteiger partial charge on any atom is 0.408 e. The van der Waals surface area contributed by atoms with Gasteiger partial charge in [-0.05, 0) is 86.3 Å². The van der Waals surface area contributed by atoms with Crippen molar-refractivity contribution in [3.63, 3.8) is 0 Å². The molecule has 0 aliphatic heterocycles. The van der Waals surface area contributed by atoms with Gasteiger partial charge in [-0.25, -0.2) is 19.2 Å². The SMILES string of the molecule is CCOC(=O)[C@H](NC(=O)[C@@H](NC(=O)OCc1ccccc1)c1ccc(OC)cc1)c1ccc(OC)c(Oc2ccc(C[C@@H](NC(=O)OC(C)(C)C)C(=O)O)cc2)c1. The van der Waals surface area contributed by atoms with Crippen LogP contribution in [0.25, 0.3) is 0 Å². The van der Waals surface area contributed by atoms with Gasteiger partial charge in [0.1, 0.15) is 35.8 Å². The first-order valence-electron chi connectivity index (χ1n) is 17.9. The summed E-state index contributed by atoms with van der Waals surface area (Å²) in [6.45, 7) is 6.61.